The maximum Gasteiger partial charge on any atom is 0.417 e. The molecule has 4 rings (SSSR count). The van der Waals surface area contributed by atoms with Crippen molar-refractivity contribution < 1.29 is 26.4 Å². The summed E-state index contributed by atoms with van der Waals surface area (Å²) in [6.45, 7) is 2.00. The topological polar surface area (TPSA) is 125 Å². The van der Waals surface area contributed by atoms with Gasteiger partial charge in [0.25, 0.3) is 10.2 Å². The smallest absolute Gasteiger partial charge is 0.294 e. The number of piperidine rings is 1. The fourth-order valence-corrected chi connectivity index (χ4v) is 5.55. The number of pyridine rings is 2. The average Bonchev–Trinajstić information content (AvgIpc) is 3.30. The van der Waals surface area contributed by atoms with E-state index >= 15 is 0 Å². The van der Waals surface area contributed by atoms with Gasteiger partial charge in [0.2, 0.25) is 0 Å². The summed E-state index contributed by atoms with van der Waals surface area (Å²) in [5.41, 5.74) is 0.0200. The van der Waals surface area contributed by atoms with Crippen LogP contribution >= 0.6 is 0 Å². The molecular formula is C25H26F3N7O3S. The van der Waals surface area contributed by atoms with E-state index in [1.165, 1.54) is 41.5 Å². The molecule has 0 atom stereocenters. The van der Waals surface area contributed by atoms with Crippen LogP contribution in [0.5, 0.6) is 0 Å². The zero-order chi connectivity index (χ0) is 28.6. The molecule has 0 N–H and O–H groups in total. The van der Waals surface area contributed by atoms with Gasteiger partial charge in [-0.1, -0.05) is 6.07 Å². The number of alkyl halides is 3. The molecule has 1 aliphatic heterocycles. The average molecular weight is 562 g/mol. The molecule has 0 saturated carbocycles. The predicted octanol–water partition coefficient (Wildman–Crippen LogP) is 3.08. The van der Waals surface area contributed by atoms with Crippen molar-refractivity contribution in [1.82, 2.24) is 28.4 Å². The molecule has 0 radical (unpaired) electrons. The van der Waals surface area contributed by atoms with E-state index in [1.54, 1.807) is 19.1 Å². The highest BCUT2D eigenvalue weighted by molar-refractivity contribution is 7.86. The Kier molecular flexibility index (Phi) is 7.61. The molecule has 0 aliphatic carbocycles. The van der Waals surface area contributed by atoms with E-state index in [2.05, 4.69) is 21.1 Å². The van der Waals surface area contributed by atoms with Crippen LogP contribution in [0.15, 0.2) is 42.9 Å². The number of Topliss-reactive ketones (excluding diaryl/α,β-unsaturated/α-hetero) is 1. The van der Waals surface area contributed by atoms with Crippen molar-refractivity contribution in [3.8, 4) is 11.9 Å². The third-order valence-electron chi connectivity index (χ3n) is 6.86. The summed E-state index contributed by atoms with van der Waals surface area (Å²) < 4.78 is 67.1. The molecule has 3 aromatic rings. The molecule has 0 bridgehead atoms. The van der Waals surface area contributed by atoms with Crippen LogP contribution in [0.2, 0.25) is 0 Å². The first-order valence-corrected chi connectivity index (χ1v) is 13.3. The molecule has 0 amide bonds. The van der Waals surface area contributed by atoms with Gasteiger partial charge in [-0.3, -0.25) is 9.78 Å². The first kappa shape index (κ1) is 28.3. The van der Waals surface area contributed by atoms with Crippen molar-refractivity contribution in [3.05, 3.63) is 70.9 Å². The van der Waals surface area contributed by atoms with Gasteiger partial charge in [0, 0.05) is 46.0 Å². The molecule has 0 unspecified atom stereocenters. The van der Waals surface area contributed by atoms with Crippen molar-refractivity contribution in [2.45, 2.75) is 37.8 Å². The van der Waals surface area contributed by atoms with Crippen LogP contribution in [0.3, 0.4) is 0 Å². The molecule has 14 heteroatoms. The molecular weight excluding hydrogens is 535 g/mol. The van der Waals surface area contributed by atoms with E-state index < -0.39 is 27.4 Å². The lowest BCUT2D eigenvalue weighted by atomic mass is 9.77. The maximum absolute atomic E-state index is 13.0. The number of halogens is 3. The molecule has 39 heavy (non-hydrogen) atoms. The number of nitrogens with zero attached hydrogens (tertiary/aromatic N) is 7. The Balaban J connectivity index is 1.46. The second-order valence-corrected chi connectivity index (χ2v) is 11.6. The van der Waals surface area contributed by atoms with E-state index in [-0.39, 0.29) is 44.0 Å². The van der Waals surface area contributed by atoms with Crippen LogP contribution < -0.4 is 0 Å². The number of hydrogen-bond donors (Lipinski definition) is 0. The number of carbonyl (C=O) groups excluding carboxylic acids is 1. The predicted molar refractivity (Wildman–Crippen MR) is 134 cm³/mol. The minimum absolute atomic E-state index is 0.00529. The molecule has 0 aromatic carbocycles. The summed E-state index contributed by atoms with van der Waals surface area (Å²) in [4.78, 5) is 21.3. The van der Waals surface area contributed by atoms with Crippen LogP contribution in [0.25, 0.3) is 5.82 Å². The lowest BCUT2D eigenvalue weighted by Gasteiger charge is -2.37. The quantitative estimate of drug-likeness (QED) is 0.406. The van der Waals surface area contributed by atoms with Crippen molar-refractivity contribution in [2.75, 3.05) is 27.2 Å². The van der Waals surface area contributed by atoms with Gasteiger partial charge in [-0.2, -0.15) is 40.6 Å². The Hall–Kier alpha value is -3.67. The second-order valence-electron chi connectivity index (χ2n) is 9.49. The highest BCUT2D eigenvalue weighted by atomic mass is 32.2. The van der Waals surface area contributed by atoms with Crippen LogP contribution in [0.4, 0.5) is 13.2 Å². The van der Waals surface area contributed by atoms with Gasteiger partial charge in [0.05, 0.1) is 34.8 Å². The van der Waals surface area contributed by atoms with Crippen LogP contribution in [-0.4, -0.2) is 69.7 Å². The standard InChI is InChI=1S/C25H26F3N7O3S/c1-17-20(15-32-35(17)23-7-5-19(14-31-23)25(26,27)28)21(36)12-18-4-6-22(30-13-18)24(16-29)8-10-34(11-9-24)39(37,38)33(2)3/h4-7,13-15H,8-12H2,1-3H3. The van der Waals surface area contributed by atoms with E-state index in [0.29, 0.717) is 28.7 Å². The molecule has 4 heterocycles. The third-order valence-corrected chi connectivity index (χ3v) is 8.80. The second kappa shape index (κ2) is 10.5. The molecule has 3 aromatic heterocycles. The Bertz CT molecular complexity index is 1500. The number of carbonyl (C=O) groups is 1. The van der Waals surface area contributed by atoms with Crippen LogP contribution in [0.1, 0.15) is 45.7 Å². The summed E-state index contributed by atoms with van der Waals surface area (Å²) in [6, 6.07) is 7.79. The summed E-state index contributed by atoms with van der Waals surface area (Å²) in [5.74, 6) is -0.116. The van der Waals surface area contributed by atoms with Gasteiger partial charge in [0.15, 0.2) is 11.6 Å². The van der Waals surface area contributed by atoms with E-state index in [0.717, 1.165) is 10.4 Å². The molecule has 206 valence electrons. The third kappa shape index (κ3) is 5.56. The van der Waals surface area contributed by atoms with E-state index in [4.69, 9.17) is 0 Å². The first-order chi connectivity index (χ1) is 18.3. The van der Waals surface area contributed by atoms with Crippen molar-refractivity contribution in [1.29, 1.82) is 5.26 Å². The SMILES string of the molecule is Cc1c(C(=O)Cc2ccc(C3(C#N)CCN(S(=O)(=O)N(C)C)CC3)nc2)cnn1-c1ccc(C(F)(F)F)cn1. The highest BCUT2D eigenvalue weighted by Crippen LogP contribution is 2.35. The Morgan fingerprint density at radius 3 is 2.31 bits per heavy atom. The lowest BCUT2D eigenvalue weighted by Crippen LogP contribution is -2.48. The fraction of sp³-hybridized carbons (Fsp3) is 0.400. The van der Waals surface area contributed by atoms with Crippen molar-refractivity contribution in [2.24, 2.45) is 0 Å². The lowest BCUT2D eigenvalue weighted by molar-refractivity contribution is -0.137. The van der Waals surface area contributed by atoms with Gasteiger partial charge >= 0.3 is 6.18 Å². The van der Waals surface area contributed by atoms with Crippen LogP contribution in [-0.2, 0) is 28.2 Å². The Labute approximate surface area is 223 Å². The Morgan fingerprint density at radius 1 is 1.10 bits per heavy atom. The summed E-state index contributed by atoms with van der Waals surface area (Å²) >= 11 is 0. The molecule has 0 spiro atoms. The summed E-state index contributed by atoms with van der Waals surface area (Å²) in [6.07, 6.45) is -0.354. The number of nitriles is 1. The van der Waals surface area contributed by atoms with Crippen molar-refractivity contribution in [3.63, 3.8) is 0 Å². The van der Waals surface area contributed by atoms with Gasteiger partial charge < -0.3 is 0 Å². The largest absolute Gasteiger partial charge is 0.417 e. The van der Waals surface area contributed by atoms with E-state index in [1.807, 2.05) is 0 Å². The van der Waals surface area contributed by atoms with Gasteiger partial charge in [-0.05, 0) is 43.5 Å². The van der Waals surface area contributed by atoms with Crippen LogP contribution in [0, 0.1) is 18.3 Å². The monoisotopic (exact) mass is 561 g/mol. The van der Waals surface area contributed by atoms with Crippen molar-refractivity contribution >= 4 is 16.0 Å². The zero-order valence-electron chi connectivity index (χ0n) is 21.5. The molecule has 10 nitrogen and oxygen atoms in total. The summed E-state index contributed by atoms with van der Waals surface area (Å²) in [7, 11) is -0.652. The zero-order valence-corrected chi connectivity index (χ0v) is 22.3. The highest BCUT2D eigenvalue weighted by Gasteiger charge is 2.41. The fourth-order valence-electron chi connectivity index (χ4n) is 4.44. The number of hydrogen-bond acceptors (Lipinski definition) is 7. The summed E-state index contributed by atoms with van der Waals surface area (Å²) in [5, 5.41) is 14.1. The maximum atomic E-state index is 13.0. The number of rotatable bonds is 7. The molecule has 1 fully saturated rings. The molecule has 1 aliphatic rings. The molecule has 1 saturated heterocycles. The Morgan fingerprint density at radius 2 is 1.79 bits per heavy atom. The first-order valence-electron chi connectivity index (χ1n) is 11.9. The minimum atomic E-state index is -4.51. The van der Waals surface area contributed by atoms with Gasteiger partial charge in [0.1, 0.15) is 5.41 Å². The normalized spacial score (nSPS) is 16.3. The van der Waals surface area contributed by atoms with E-state index in [9.17, 15) is 31.6 Å². The minimum Gasteiger partial charge on any atom is -0.294 e. The number of ketones is 1. The van der Waals surface area contributed by atoms with Gasteiger partial charge in [-0.25, -0.2) is 9.67 Å². The number of aromatic nitrogens is 4. The van der Waals surface area contributed by atoms with Gasteiger partial charge in [-0.15, -0.1) is 0 Å².